The summed E-state index contributed by atoms with van der Waals surface area (Å²) in [4.78, 5) is 4.41. The van der Waals surface area contributed by atoms with E-state index in [9.17, 15) is 4.39 Å². The Bertz CT molecular complexity index is 720. The number of aryl methyl sites for hydroxylation is 1. The minimum atomic E-state index is -0.190. The van der Waals surface area contributed by atoms with E-state index in [1.54, 1.807) is 19.1 Å². The van der Waals surface area contributed by atoms with Crippen molar-refractivity contribution in [2.45, 2.75) is 18.2 Å². The first kappa shape index (κ1) is 13.3. The normalized spacial score (nSPS) is 12.8. The molecule has 102 valence electrons. The predicted molar refractivity (Wildman–Crippen MR) is 80.5 cm³/mol. The molecule has 1 aromatic heterocycles. The maximum absolute atomic E-state index is 13.6. The highest BCUT2D eigenvalue weighted by molar-refractivity contribution is 9.09. The van der Waals surface area contributed by atoms with Crippen molar-refractivity contribution in [2.75, 3.05) is 0 Å². The van der Waals surface area contributed by atoms with Crippen LogP contribution in [0, 0.1) is 12.7 Å². The van der Waals surface area contributed by atoms with E-state index >= 15 is 0 Å². The molecule has 0 radical (unpaired) electrons. The summed E-state index contributed by atoms with van der Waals surface area (Å²) in [7, 11) is 0. The topological polar surface area (TPSA) is 26.0 Å². The predicted octanol–water partition coefficient (Wildman–Crippen LogP) is 4.95. The Morgan fingerprint density at radius 1 is 1.25 bits per heavy atom. The van der Waals surface area contributed by atoms with Gasteiger partial charge >= 0.3 is 0 Å². The summed E-state index contributed by atoms with van der Waals surface area (Å²) < 4.78 is 19.3. The van der Waals surface area contributed by atoms with Gasteiger partial charge in [0.05, 0.1) is 0 Å². The van der Waals surface area contributed by atoms with Crippen molar-refractivity contribution in [1.82, 2.24) is 4.98 Å². The Morgan fingerprint density at radius 2 is 2.05 bits per heavy atom. The van der Waals surface area contributed by atoms with Crippen LogP contribution < -0.4 is 0 Å². The van der Waals surface area contributed by atoms with Gasteiger partial charge in [0.25, 0.3) is 0 Å². The molecule has 0 fully saturated rings. The van der Waals surface area contributed by atoms with Crippen molar-refractivity contribution >= 4 is 27.0 Å². The second kappa shape index (κ2) is 5.37. The number of fused-ring (bicyclic) bond motifs is 1. The molecule has 0 aliphatic carbocycles. The second-order valence-corrected chi connectivity index (χ2v) is 5.86. The molecule has 4 heteroatoms. The maximum atomic E-state index is 13.6. The molecule has 0 aliphatic heterocycles. The molecular weight excluding hydrogens is 321 g/mol. The number of aromatic nitrogens is 1. The molecule has 1 unspecified atom stereocenters. The van der Waals surface area contributed by atoms with Gasteiger partial charge in [-0.15, -0.1) is 0 Å². The maximum Gasteiger partial charge on any atom is 0.196 e. The van der Waals surface area contributed by atoms with Crippen molar-refractivity contribution in [3.05, 3.63) is 65.3 Å². The number of hydrogen-bond acceptors (Lipinski definition) is 2. The standard InChI is InChI=1S/C16H13BrFNO/c1-10-6-7-11(8-13(10)18)12(17)9-16-19-14-4-2-3-5-15(14)20-16/h2-8,12H,9H2,1H3. The molecule has 2 nitrogen and oxygen atoms in total. The van der Waals surface area contributed by atoms with Gasteiger partial charge in [-0.2, -0.15) is 0 Å². The lowest BCUT2D eigenvalue weighted by molar-refractivity contribution is 0.526. The van der Waals surface area contributed by atoms with Crippen LogP contribution in [0.3, 0.4) is 0 Å². The van der Waals surface area contributed by atoms with E-state index in [-0.39, 0.29) is 10.6 Å². The molecule has 1 atom stereocenters. The van der Waals surface area contributed by atoms with Gasteiger partial charge in [-0.1, -0.05) is 40.2 Å². The zero-order valence-corrected chi connectivity index (χ0v) is 12.5. The van der Waals surface area contributed by atoms with Crippen LogP contribution in [0.15, 0.2) is 46.9 Å². The molecule has 0 bridgehead atoms. The number of rotatable bonds is 3. The Kier molecular flexibility index (Phi) is 3.57. The van der Waals surface area contributed by atoms with Crippen LogP contribution in [0.5, 0.6) is 0 Å². The van der Waals surface area contributed by atoms with Crippen LogP contribution in [0.2, 0.25) is 0 Å². The van der Waals surface area contributed by atoms with Gasteiger partial charge in [-0.25, -0.2) is 9.37 Å². The van der Waals surface area contributed by atoms with Crippen LogP contribution in [0.1, 0.15) is 21.8 Å². The Hall–Kier alpha value is -1.68. The molecule has 2 aromatic carbocycles. The smallest absolute Gasteiger partial charge is 0.196 e. The molecule has 0 saturated carbocycles. The summed E-state index contributed by atoms with van der Waals surface area (Å²) in [5.74, 6) is 0.457. The van der Waals surface area contributed by atoms with Crippen LogP contribution in [-0.2, 0) is 6.42 Å². The lowest BCUT2D eigenvalue weighted by Crippen LogP contribution is -1.97. The van der Waals surface area contributed by atoms with E-state index in [1.165, 1.54) is 0 Å². The lowest BCUT2D eigenvalue weighted by atomic mass is 10.1. The van der Waals surface area contributed by atoms with Crippen molar-refractivity contribution in [3.63, 3.8) is 0 Å². The highest BCUT2D eigenvalue weighted by Gasteiger charge is 2.14. The Morgan fingerprint density at radius 3 is 2.80 bits per heavy atom. The van der Waals surface area contributed by atoms with E-state index in [0.29, 0.717) is 17.9 Å². The molecule has 0 amide bonds. The zero-order valence-electron chi connectivity index (χ0n) is 10.9. The van der Waals surface area contributed by atoms with E-state index < -0.39 is 0 Å². The second-order valence-electron chi connectivity index (χ2n) is 4.76. The Labute approximate surface area is 124 Å². The van der Waals surface area contributed by atoms with E-state index in [1.807, 2.05) is 30.3 Å². The fraction of sp³-hybridized carbons (Fsp3) is 0.188. The highest BCUT2D eigenvalue weighted by atomic mass is 79.9. The number of para-hydroxylation sites is 2. The molecule has 0 saturated heterocycles. The van der Waals surface area contributed by atoms with Crippen LogP contribution in [-0.4, -0.2) is 4.98 Å². The van der Waals surface area contributed by atoms with Crippen molar-refractivity contribution in [1.29, 1.82) is 0 Å². The van der Waals surface area contributed by atoms with Gasteiger partial charge in [-0.3, -0.25) is 0 Å². The van der Waals surface area contributed by atoms with Crippen LogP contribution >= 0.6 is 15.9 Å². The number of oxazole rings is 1. The molecule has 3 rings (SSSR count). The first-order chi connectivity index (χ1) is 9.63. The number of halogens is 2. The molecular formula is C16H13BrFNO. The average molecular weight is 334 g/mol. The largest absolute Gasteiger partial charge is 0.441 e. The average Bonchev–Trinajstić information content (AvgIpc) is 2.83. The van der Waals surface area contributed by atoms with Crippen LogP contribution in [0.25, 0.3) is 11.1 Å². The summed E-state index contributed by atoms with van der Waals surface area (Å²) in [5, 5.41) is 0. The minimum Gasteiger partial charge on any atom is -0.441 e. The van der Waals surface area contributed by atoms with E-state index in [2.05, 4.69) is 20.9 Å². The fourth-order valence-electron chi connectivity index (χ4n) is 2.08. The van der Waals surface area contributed by atoms with Gasteiger partial charge in [-0.05, 0) is 36.2 Å². The SMILES string of the molecule is Cc1ccc(C(Br)Cc2nc3ccccc3o2)cc1F. The number of benzene rings is 2. The molecule has 0 spiro atoms. The van der Waals surface area contributed by atoms with E-state index in [0.717, 1.165) is 16.7 Å². The summed E-state index contributed by atoms with van der Waals surface area (Å²) in [6, 6.07) is 12.9. The summed E-state index contributed by atoms with van der Waals surface area (Å²) in [6.07, 6.45) is 0.581. The van der Waals surface area contributed by atoms with Gasteiger partial charge < -0.3 is 4.42 Å². The van der Waals surface area contributed by atoms with Crippen molar-refractivity contribution in [2.24, 2.45) is 0 Å². The highest BCUT2D eigenvalue weighted by Crippen LogP contribution is 2.29. The van der Waals surface area contributed by atoms with Gasteiger partial charge in [0.15, 0.2) is 11.5 Å². The number of alkyl halides is 1. The minimum absolute atomic E-state index is 0.0225. The number of hydrogen-bond donors (Lipinski definition) is 0. The Balaban J connectivity index is 1.84. The first-order valence-electron chi connectivity index (χ1n) is 6.38. The first-order valence-corrected chi connectivity index (χ1v) is 7.29. The fourth-order valence-corrected chi connectivity index (χ4v) is 2.64. The monoisotopic (exact) mass is 333 g/mol. The quantitative estimate of drug-likeness (QED) is 0.633. The third-order valence-electron chi connectivity index (χ3n) is 3.25. The van der Waals surface area contributed by atoms with Crippen molar-refractivity contribution in [3.8, 4) is 0 Å². The number of nitrogens with zero attached hydrogens (tertiary/aromatic N) is 1. The third kappa shape index (κ3) is 2.61. The van der Waals surface area contributed by atoms with Crippen LogP contribution in [0.4, 0.5) is 4.39 Å². The van der Waals surface area contributed by atoms with Gasteiger partial charge in [0, 0.05) is 11.2 Å². The molecule has 1 heterocycles. The molecule has 0 aliphatic rings. The van der Waals surface area contributed by atoms with E-state index in [4.69, 9.17) is 4.42 Å². The molecule has 0 N–H and O–H groups in total. The lowest BCUT2D eigenvalue weighted by Gasteiger charge is -2.08. The van der Waals surface area contributed by atoms with Gasteiger partial charge in [0.2, 0.25) is 0 Å². The van der Waals surface area contributed by atoms with Gasteiger partial charge in [0.1, 0.15) is 11.3 Å². The molecule has 20 heavy (non-hydrogen) atoms. The third-order valence-corrected chi connectivity index (χ3v) is 4.10. The summed E-state index contributed by atoms with van der Waals surface area (Å²) >= 11 is 3.57. The van der Waals surface area contributed by atoms with Crippen molar-refractivity contribution < 1.29 is 8.81 Å². The summed E-state index contributed by atoms with van der Waals surface area (Å²) in [5.41, 5.74) is 3.15. The molecule has 3 aromatic rings. The zero-order chi connectivity index (χ0) is 14.1. The summed E-state index contributed by atoms with van der Waals surface area (Å²) in [6.45, 7) is 1.75.